The first-order valence-corrected chi connectivity index (χ1v) is 5.50. The van der Waals surface area contributed by atoms with Crippen LogP contribution in [0.5, 0.6) is 0 Å². The van der Waals surface area contributed by atoms with Crippen molar-refractivity contribution in [3.63, 3.8) is 0 Å². The Kier molecular flexibility index (Phi) is 3.57. The van der Waals surface area contributed by atoms with E-state index in [9.17, 15) is 4.39 Å². The van der Waals surface area contributed by atoms with E-state index in [0.717, 1.165) is 31.7 Å². The Morgan fingerprint density at radius 3 is 2.73 bits per heavy atom. The number of nitrogens with one attached hydrogen (secondary N) is 1. The van der Waals surface area contributed by atoms with Gasteiger partial charge in [-0.1, -0.05) is 17.7 Å². The summed E-state index contributed by atoms with van der Waals surface area (Å²) in [6.45, 7) is 4.58. The highest BCUT2D eigenvalue weighted by Crippen LogP contribution is 2.16. The van der Waals surface area contributed by atoms with Crippen molar-refractivity contribution in [1.29, 1.82) is 0 Å². The fourth-order valence-corrected chi connectivity index (χ4v) is 1.92. The van der Waals surface area contributed by atoms with Gasteiger partial charge in [0.2, 0.25) is 0 Å². The van der Waals surface area contributed by atoms with Crippen LogP contribution < -0.4 is 5.32 Å². The lowest BCUT2D eigenvalue weighted by atomic mass is 10.2. The molecule has 0 aliphatic carbocycles. The van der Waals surface area contributed by atoms with Crippen molar-refractivity contribution in [3.05, 3.63) is 34.6 Å². The van der Waals surface area contributed by atoms with Gasteiger partial charge in [0.25, 0.3) is 0 Å². The highest BCUT2D eigenvalue weighted by Gasteiger charge is 2.12. The summed E-state index contributed by atoms with van der Waals surface area (Å²) in [7, 11) is 0. The summed E-state index contributed by atoms with van der Waals surface area (Å²) in [5, 5.41) is 3.72. The molecule has 0 amide bonds. The van der Waals surface area contributed by atoms with E-state index in [1.165, 1.54) is 6.07 Å². The predicted molar refractivity (Wildman–Crippen MR) is 59.6 cm³/mol. The van der Waals surface area contributed by atoms with Gasteiger partial charge in [-0.05, 0) is 12.1 Å². The van der Waals surface area contributed by atoms with Crippen LogP contribution in [-0.2, 0) is 6.54 Å². The molecule has 15 heavy (non-hydrogen) atoms. The van der Waals surface area contributed by atoms with Crippen molar-refractivity contribution in [2.24, 2.45) is 0 Å². The number of halogens is 2. The predicted octanol–water partition coefficient (Wildman–Crippen LogP) is 1.88. The molecule has 1 N–H and O–H groups in total. The van der Waals surface area contributed by atoms with Crippen molar-refractivity contribution in [1.82, 2.24) is 10.2 Å². The minimum absolute atomic E-state index is 0.207. The monoisotopic (exact) mass is 228 g/mol. The number of rotatable bonds is 2. The van der Waals surface area contributed by atoms with E-state index in [0.29, 0.717) is 11.6 Å². The lowest BCUT2D eigenvalue weighted by Gasteiger charge is -2.27. The SMILES string of the molecule is Fc1cc(Cl)ccc1CN1CCNCC1. The van der Waals surface area contributed by atoms with E-state index in [2.05, 4.69) is 10.2 Å². The van der Waals surface area contributed by atoms with E-state index in [-0.39, 0.29) is 5.82 Å². The van der Waals surface area contributed by atoms with Crippen LogP contribution in [-0.4, -0.2) is 31.1 Å². The van der Waals surface area contributed by atoms with Gasteiger partial charge < -0.3 is 5.32 Å². The van der Waals surface area contributed by atoms with E-state index < -0.39 is 0 Å². The third-order valence-electron chi connectivity index (χ3n) is 2.62. The minimum atomic E-state index is -0.207. The first kappa shape index (κ1) is 10.9. The molecule has 2 rings (SSSR count). The van der Waals surface area contributed by atoms with Crippen LogP contribution in [0.2, 0.25) is 5.02 Å². The van der Waals surface area contributed by atoms with Crippen LogP contribution in [0, 0.1) is 5.82 Å². The van der Waals surface area contributed by atoms with Gasteiger partial charge in [0.05, 0.1) is 0 Å². The summed E-state index contributed by atoms with van der Waals surface area (Å²) in [6, 6.07) is 4.88. The molecule has 2 nitrogen and oxygen atoms in total. The zero-order valence-electron chi connectivity index (χ0n) is 8.47. The molecular formula is C11H14ClFN2. The van der Waals surface area contributed by atoms with Crippen LogP contribution in [0.25, 0.3) is 0 Å². The van der Waals surface area contributed by atoms with Gasteiger partial charge in [-0.15, -0.1) is 0 Å². The normalized spacial score (nSPS) is 18.0. The molecule has 1 aromatic rings. The Bertz CT molecular complexity index is 337. The van der Waals surface area contributed by atoms with Crippen LogP contribution in [0.4, 0.5) is 4.39 Å². The second-order valence-electron chi connectivity index (χ2n) is 3.76. The number of benzene rings is 1. The van der Waals surface area contributed by atoms with E-state index in [4.69, 9.17) is 11.6 Å². The van der Waals surface area contributed by atoms with Crippen LogP contribution >= 0.6 is 11.6 Å². The molecule has 0 spiro atoms. The standard InChI is InChI=1S/C11H14ClFN2/c12-10-2-1-9(11(13)7-10)8-15-5-3-14-4-6-15/h1-2,7,14H,3-6,8H2. The number of hydrogen-bond acceptors (Lipinski definition) is 2. The lowest BCUT2D eigenvalue weighted by molar-refractivity contribution is 0.230. The highest BCUT2D eigenvalue weighted by molar-refractivity contribution is 6.30. The molecule has 0 bridgehead atoms. The smallest absolute Gasteiger partial charge is 0.129 e. The molecule has 0 unspecified atom stereocenters. The zero-order chi connectivity index (χ0) is 10.7. The average molecular weight is 229 g/mol. The molecule has 1 saturated heterocycles. The number of piperazine rings is 1. The van der Waals surface area contributed by atoms with Crippen molar-refractivity contribution in [2.45, 2.75) is 6.54 Å². The Labute approximate surface area is 94.0 Å². The Morgan fingerprint density at radius 1 is 1.33 bits per heavy atom. The third-order valence-corrected chi connectivity index (χ3v) is 2.85. The van der Waals surface area contributed by atoms with Crippen molar-refractivity contribution >= 4 is 11.6 Å². The first-order chi connectivity index (χ1) is 7.25. The molecule has 0 aromatic heterocycles. The number of nitrogens with zero attached hydrogens (tertiary/aromatic N) is 1. The summed E-state index contributed by atoms with van der Waals surface area (Å²) in [5.74, 6) is -0.207. The molecule has 0 radical (unpaired) electrons. The van der Waals surface area contributed by atoms with E-state index in [1.807, 2.05) is 0 Å². The molecule has 1 fully saturated rings. The molecular weight excluding hydrogens is 215 g/mol. The quantitative estimate of drug-likeness (QED) is 0.832. The molecule has 0 saturated carbocycles. The summed E-state index contributed by atoms with van der Waals surface area (Å²) >= 11 is 5.70. The second kappa shape index (κ2) is 4.92. The second-order valence-corrected chi connectivity index (χ2v) is 4.20. The summed E-state index contributed by atoms with van der Waals surface area (Å²) in [6.07, 6.45) is 0. The van der Waals surface area contributed by atoms with Gasteiger partial charge in [0.15, 0.2) is 0 Å². The Balaban J connectivity index is 2.03. The van der Waals surface area contributed by atoms with Crippen molar-refractivity contribution in [2.75, 3.05) is 26.2 Å². The molecule has 1 aliphatic heterocycles. The van der Waals surface area contributed by atoms with Crippen molar-refractivity contribution < 1.29 is 4.39 Å². The van der Waals surface area contributed by atoms with E-state index in [1.54, 1.807) is 12.1 Å². The summed E-state index contributed by atoms with van der Waals surface area (Å²) in [5.41, 5.74) is 0.723. The lowest BCUT2D eigenvalue weighted by Crippen LogP contribution is -2.43. The van der Waals surface area contributed by atoms with Gasteiger partial charge in [0.1, 0.15) is 5.82 Å². The maximum absolute atomic E-state index is 13.5. The van der Waals surface area contributed by atoms with Gasteiger partial charge in [-0.3, -0.25) is 4.90 Å². The topological polar surface area (TPSA) is 15.3 Å². The third kappa shape index (κ3) is 2.91. The van der Waals surface area contributed by atoms with Gasteiger partial charge in [0, 0.05) is 43.3 Å². The Morgan fingerprint density at radius 2 is 2.07 bits per heavy atom. The molecule has 1 aliphatic rings. The average Bonchev–Trinajstić information content (AvgIpc) is 2.24. The minimum Gasteiger partial charge on any atom is -0.314 e. The Hall–Kier alpha value is -0.640. The highest BCUT2D eigenvalue weighted by atomic mass is 35.5. The molecule has 0 atom stereocenters. The first-order valence-electron chi connectivity index (χ1n) is 5.13. The number of hydrogen-bond donors (Lipinski definition) is 1. The fourth-order valence-electron chi connectivity index (χ4n) is 1.76. The fraction of sp³-hybridized carbons (Fsp3) is 0.455. The summed E-state index contributed by atoms with van der Waals surface area (Å²) in [4.78, 5) is 2.24. The van der Waals surface area contributed by atoms with Gasteiger partial charge in [-0.25, -0.2) is 4.39 Å². The van der Waals surface area contributed by atoms with Crippen LogP contribution in [0.15, 0.2) is 18.2 Å². The molecule has 1 heterocycles. The zero-order valence-corrected chi connectivity index (χ0v) is 9.23. The van der Waals surface area contributed by atoms with Crippen molar-refractivity contribution in [3.8, 4) is 0 Å². The van der Waals surface area contributed by atoms with Crippen LogP contribution in [0.1, 0.15) is 5.56 Å². The maximum Gasteiger partial charge on any atom is 0.129 e. The molecule has 82 valence electrons. The maximum atomic E-state index is 13.5. The summed E-state index contributed by atoms with van der Waals surface area (Å²) < 4.78 is 13.5. The van der Waals surface area contributed by atoms with Crippen LogP contribution in [0.3, 0.4) is 0 Å². The van der Waals surface area contributed by atoms with E-state index >= 15 is 0 Å². The largest absolute Gasteiger partial charge is 0.314 e. The molecule has 4 heteroatoms. The van der Waals surface area contributed by atoms with Gasteiger partial charge in [-0.2, -0.15) is 0 Å². The van der Waals surface area contributed by atoms with Gasteiger partial charge >= 0.3 is 0 Å². The molecule has 1 aromatic carbocycles.